The quantitative estimate of drug-likeness (QED) is 0.678. The average molecular weight is 352 g/mol. The lowest BCUT2D eigenvalue weighted by molar-refractivity contribution is 0.240. The van der Waals surface area contributed by atoms with Gasteiger partial charge in [-0.15, -0.1) is 0 Å². The molecule has 0 radical (unpaired) electrons. The van der Waals surface area contributed by atoms with E-state index in [1.165, 1.54) is 42.5 Å². The fraction of sp³-hybridized carbons (Fsp3) is 0.478. The maximum atomic E-state index is 6.85. The van der Waals surface area contributed by atoms with E-state index in [9.17, 15) is 0 Å². The molecule has 25 heavy (non-hydrogen) atoms. The van der Waals surface area contributed by atoms with E-state index in [4.69, 9.17) is 11.6 Å². The summed E-state index contributed by atoms with van der Waals surface area (Å²) in [4.78, 5) is 2.65. The molecule has 2 aromatic rings. The molecule has 1 aliphatic heterocycles. The summed E-state index contributed by atoms with van der Waals surface area (Å²) < 4.78 is 0. The average Bonchev–Trinajstić information content (AvgIpc) is 3.38. The molecule has 5 rings (SSSR count). The highest BCUT2D eigenvalue weighted by Gasteiger charge is 2.47. The minimum atomic E-state index is 0.395. The Morgan fingerprint density at radius 2 is 1.84 bits per heavy atom. The molecule has 1 saturated carbocycles. The molecule has 1 heterocycles. The first kappa shape index (κ1) is 15.9. The van der Waals surface area contributed by atoms with Gasteiger partial charge in [-0.05, 0) is 59.3 Å². The van der Waals surface area contributed by atoms with Gasteiger partial charge in [0.1, 0.15) is 0 Å². The van der Waals surface area contributed by atoms with Crippen molar-refractivity contribution in [2.75, 3.05) is 13.1 Å². The van der Waals surface area contributed by atoms with Crippen LogP contribution in [-0.4, -0.2) is 18.0 Å². The monoisotopic (exact) mass is 351 g/mol. The number of rotatable bonds is 3. The second kappa shape index (κ2) is 5.86. The zero-order valence-corrected chi connectivity index (χ0v) is 15.7. The molecule has 3 aliphatic rings. The molecule has 0 aromatic heterocycles. The van der Waals surface area contributed by atoms with Crippen LogP contribution in [0.1, 0.15) is 60.3 Å². The maximum absolute atomic E-state index is 6.85. The Bertz CT molecular complexity index is 795. The fourth-order valence-corrected chi connectivity index (χ4v) is 5.63. The Morgan fingerprint density at radius 3 is 2.60 bits per heavy atom. The van der Waals surface area contributed by atoms with Crippen molar-refractivity contribution in [3.63, 3.8) is 0 Å². The summed E-state index contributed by atoms with van der Waals surface area (Å²) in [6, 6.07) is 15.6. The molecule has 2 aromatic carbocycles. The van der Waals surface area contributed by atoms with Gasteiger partial charge in [0, 0.05) is 30.6 Å². The lowest BCUT2D eigenvalue weighted by Gasteiger charge is -2.37. The van der Waals surface area contributed by atoms with E-state index in [-0.39, 0.29) is 0 Å². The van der Waals surface area contributed by atoms with Crippen molar-refractivity contribution in [3.05, 3.63) is 69.7 Å². The van der Waals surface area contributed by atoms with E-state index in [2.05, 4.69) is 54.3 Å². The molecule has 1 nitrogen and oxygen atoms in total. The Hall–Kier alpha value is -1.31. The van der Waals surface area contributed by atoms with Gasteiger partial charge in [0.2, 0.25) is 0 Å². The summed E-state index contributed by atoms with van der Waals surface area (Å²) in [5, 5.41) is 1.10. The van der Waals surface area contributed by atoms with Crippen molar-refractivity contribution < 1.29 is 0 Å². The predicted molar refractivity (Wildman–Crippen MR) is 104 cm³/mol. The zero-order chi connectivity index (χ0) is 17.0. The minimum absolute atomic E-state index is 0.395. The van der Waals surface area contributed by atoms with Crippen molar-refractivity contribution in [2.45, 2.75) is 51.0 Å². The smallest absolute Gasteiger partial charge is 0.0475 e. The van der Waals surface area contributed by atoms with E-state index in [1.807, 2.05) is 0 Å². The summed E-state index contributed by atoms with van der Waals surface area (Å²) in [6.07, 6.45) is 5.07. The van der Waals surface area contributed by atoms with E-state index in [0.29, 0.717) is 11.3 Å². The lowest BCUT2D eigenvalue weighted by atomic mass is 9.67. The van der Waals surface area contributed by atoms with Gasteiger partial charge >= 0.3 is 0 Å². The fourth-order valence-electron chi connectivity index (χ4n) is 5.21. The zero-order valence-electron chi connectivity index (χ0n) is 15.0. The van der Waals surface area contributed by atoms with Crippen LogP contribution in [-0.2, 0) is 13.0 Å². The van der Waals surface area contributed by atoms with Crippen LogP contribution >= 0.6 is 11.6 Å². The summed E-state index contributed by atoms with van der Waals surface area (Å²) in [7, 11) is 0. The van der Waals surface area contributed by atoms with Crippen LogP contribution in [0.4, 0.5) is 0 Å². The normalized spacial score (nSPS) is 28.6. The summed E-state index contributed by atoms with van der Waals surface area (Å²) >= 11 is 6.85. The van der Waals surface area contributed by atoms with Crippen molar-refractivity contribution in [2.24, 2.45) is 5.41 Å². The highest BCUT2D eigenvalue weighted by Crippen LogP contribution is 2.53. The van der Waals surface area contributed by atoms with Gasteiger partial charge in [-0.3, -0.25) is 4.90 Å². The summed E-state index contributed by atoms with van der Waals surface area (Å²) in [5.41, 5.74) is 6.25. The first-order chi connectivity index (χ1) is 12.1. The van der Waals surface area contributed by atoms with Gasteiger partial charge in [-0.1, -0.05) is 61.0 Å². The Kier molecular flexibility index (Phi) is 3.73. The van der Waals surface area contributed by atoms with Crippen LogP contribution in [0.3, 0.4) is 0 Å². The molecule has 1 saturated heterocycles. The van der Waals surface area contributed by atoms with Gasteiger partial charge in [0.25, 0.3) is 0 Å². The molecule has 2 aliphatic carbocycles. The molecule has 0 spiro atoms. The first-order valence-electron chi connectivity index (χ1n) is 9.71. The number of benzene rings is 2. The molecule has 0 bridgehead atoms. The molecule has 0 amide bonds. The van der Waals surface area contributed by atoms with E-state index in [1.54, 1.807) is 5.56 Å². The number of halogens is 1. The van der Waals surface area contributed by atoms with Crippen LogP contribution in [0.15, 0.2) is 42.5 Å². The minimum Gasteiger partial charge on any atom is -0.298 e. The number of nitrogens with zero attached hydrogens (tertiary/aromatic N) is 1. The standard InChI is InChI=1S/C23H26ClN/c1-23-12-11-20-19(10-9-18(22(20)24)17-7-8-17)21(23)14-25(15-23)13-16-5-3-2-4-6-16/h2-6,9-10,17,21H,7-8,11-15H2,1H3/t21-,23+/m0/s1. The highest BCUT2D eigenvalue weighted by molar-refractivity contribution is 6.32. The maximum Gasteiger partial charge on any atom is 0.0475 e. The van der Waals surface area contributed by atoms with Crippen LogP contribution in [0.25, 0.3) is 0 Å². The Labute approximate surface area is 156 Å². The summed E-state index contributed by atoms with van der Waals surface area (Å²) in [6.45, 7) is 5.93. The number of likely N-dealkylation sites (tertiary alicyclic amines) is 1. The van der Waals surface area contributed by atoms with Crippen LogP contribution in [0, 0.1) is 5.41 Å². The van der Waals surface area contributed by atoms with Crippen molar-refractivity contribution in [1.82, 2.24) is 4.90 Å². The van der Waals surface area contributed by atoms with E-state index >= 15 is 0 Å². The Balaban J connectivity index is 1.44. The second-order valence-corrected chi connectivity index (χ2v) is 9.05. The van der Waals surface area contributed by atoms with Crippen LogP contribution < -0.4 is 0 Å². The Morgan fingerprint density at radius 1 is 1.08 bits per heavy atom. The molecule has 0 N–H and O–H groups in total. The van der Waals surface area contributed by atoms with E-state index < -0.39 is 0 Å². The van der Waals surface area contributed by atoms with Crippen molar-refractivity contribution in [1.29, 1.82) is 0 Å². The third kappa shape index (κ3) is 2.73. The van der Waals surface area contributed by atoms with Gasteiger partial charge in [-0.2, -0.15) is 0 Å². The molecule has 2 atom stereocenters. The van der Waals surface area contributed by atoms with Crippen LogP contribution in [0.2, 0.25) is 5.02 Å². The van der Waals surface area contributed by atoms with Gasteiger partial charge < -0.3 is 0 Å². The van der Waals surface area contributed by atoms with Crippen LogP contribution in [0.5, 0.6) is 0 Å². The first-order valence-corrected chi connectivity index (χ1v) is 10.1. The largest absolute Gasteiger partial charge is 0.298 e. The molecule has 0 unspecified atom stereocenters. The van der Waals surface area contributed by atoms with Gasteiger partial charge in [-0.25, -0.2) is 0 Å². The second-order valence-electron chi connectivity index (χ2n) is 8.67. The predicted octanol–water partition coefficient (Wildman–Crippen LogP) is 5.77. The topological polar surface area (TPSA) is 3.24 Å². The number of hydrogen-bond donors (Lipinski definition) is 0. The SMILES string of the molecule is C[C@]12CCc3c(ccc(C4CC4)c3Cl)[C@@H]1CN(Cc1ccccc1)C2. The molecular formula is C23H26ClN. The molecule has 2 heteroatoms. The molecule has 2 fully saturated rings. The number of hydrogen-bond acceptors (Lipinski definition) is 1. The highest BCUT2D eigenvalue weighted by atomic mass is 35.5. The number of fused-ring (bicyclic) bond motifs is 3. The van der Waals surface area contributed by atoms with Gasteiger partial charge in [0.05, 0.1) is 0 Å². The molecule has 130 valence electrons. The van der Waals surface area contributed by atoms with Crippen molar-refractivity contribution in [3.8, 4) is 0 Å². The van der Waals surface area contributed by atoms with Crippen molar-refractivity contribution >= 4 is 11.6 Å². The third-order valence-corrected chi connectivity index (χ3v) is 7.21. The third-order valence-electron chi connectivity index (χ3n) is 6.76. The summed E-state index contributed by atoms with van der Waals surface area (Å²) in [5.74, 6) is 1.37. The van der Waals surface area contributed by atoms with Gasteiger partial charge in [0.15, 0.2) is 0 Å². The lowest BCUT2D eigenvalue weighted by Crippen LogP contribution is -2.31. The molecular weight excluding hydrogens is 326 g/mol. The van der Waals surface area contributed by atoms with E-state index in [0.717, 1.165) is 30.5 Å².